The van der Waals surface area contributed by atoms with E-state index in [9.17, 15) is 22.8 Å². The monoisotopic (exact) mass is 446 g/mol. The lowest BCUT2D eigenvalue weighted by atomic mass is 9.79. The van der Waals surface area contributed by atoms with Crippen molar-refractivity contribution in [2.75, 3.05) is 13.1 Å². The smallest absolute Gasteiger partial charge is 0.407 e. The number of alkyl carbamates (subject to hydrolysis) is 1. The van der Waals surface area contributed by atoms with Crippen LogP contribution >= 0.6 is 0 Å². The molecule has 2 saturated carbocycles. The molecule has 0 aromatic heterocycles. The fourth-order valence-electron chi connectivity index (χ4n) is 6.01. The minimum absolute atomic E-state index is 0.134. The lowest BCUT2D eigenvalue weighted by molar-refractivity contribution is -0.167. The van der Waals surface area contributed by atoms with Gasteiger partial charge < -0.3 is 15.0 Å². The first kappa shape index (κ1) is 24.2. The number of likely N-dealkylation sites (tertiary alicyclic amines) is 1. The number of amides is 2. The van der Waals surface area contributed by atoms with Crippen molar-refractivity contribution in [3.63, 3.8) is 0 Å². The van der Waals surface area contributed by atoms with Crippen molar-refractivity contribution in [3.05, 3.63) is 0 Å². The van der Waals surface area contributed by atoms with Crippen LogP contribution in [-0.2, 0) is 9.53 Å². The molecule has 3 rings (SSSR count). The van der Waals surface area contributed by atoms with Crippen molar-refractivity contribution >= 4 is 12.0 Å². The predicted molar refractivity (Wildman–Crippen MR) is 111 cm³/mol. The minimum Gasteiger partial charge on any atom is -0.444 e. The SMILES string of the molecule is CCCCC1C[C@H]2CC(CNC(=O)OC(C)(C)C)C3(CC3)C2N(C(=O)CC(F)(F)F)C1. The number of ether oxygens (including phenoxy) is 1. The van der Waals surface area contributed by atoms with E-state index in [1.165, 1.54) is 0 Å². The van der Waals surface area contributed by atoms with Gasteiger partial charge in [-0.3, -0.25) is 4.79 Å². The average Bonchev–Trinajstić information content (AvgIpc) is 3.34. The highest BCUT2D eigenvalue weighted by atomic mass is 19.4. The Balaban J connectivity index is 1.73. The van der Waals surface area contributed by atoms with Crippen molar-refractivity contribution in [1.82, 2.24) is 10.2 Å². The van der Waals surface area contributed by atoms with Crippen molar-refractivity contribution in [3.8, 4) is 0 Å². The molecule has 0 bridgehead atoms. The van der Waals surface area contributed by atoms with Gasteiger partial charge in [-0.25, -0.2) is 4.79 Å². The Hall–Kier alpha value is -1.47. The fourth-order valence-corrected chi connectivity index (χ4v) is 6.01. The number of unbranched alkanes of at least 4 members (excludes halogenated alkanes) is 1. The van der Waals surface area contributed by atoms with Gasteiger partial charge in [0.15, 0.2) is 0 Å². The van der Waals surface area contributed by atoms with Crippen LogP contribution in [0.1, 0.15) is 79.1 Å². The third-order valence-corrected chi connectivity index (χ3v) is 7.22. The number of alkyl halides is 3. The van der Waals surface area contributed by atoms with Gasteiger partial charge in [-0.15, -0.1) is 0 Å². The molecule has 0 aromatic rings. The number of halogens is 3. The van der Waals surface area contributed by atoms with Crippen LogP contribution in [-0.4, -0.2) is 47.8 Å². The molecule has 5 nitrogen and oxygen atoms in total. The Morgan fingerprint density at radius 1 is 1.16 bits per heavy atom. The van der Waals surface area contributed by atoms with E-state index in [0.29, 0.717) is 13.1 Å². The number of nitrogens with zero attached hydrogens (tertiary/aromatic N) is 1. The molecule has 31 heavy (non-hydrogen) atoms. The Morgan fingerprint density at radius 2 is 1.84 bits per heavy atom. The largest absolute Gasteiger partial charge is 0.444 e. The van der Waals surface area contributed by atoms with E-state index in [1.54, 1.807) is 25.7 Å². The third-order valence-electron chi connectivity index (χ3n) is 7.22. The van der Waals surface area contributed by atoms with Crippen LogP contribution in [0.4, 0.5) is 18.0 Å². The minimum atomic E-state index is -4.49. The van der Waals surface area contributed by atoms with Gasteiger partial charge >= 0.3 is 12.3 Å². The molecule has 178 valence electrons. The van der Waals surface area contributed by atoms with E-state index in [-0.39, 0.29) is 29.2 Å². The second-order valence-corrected chi connectivity index (χ2v) is 10.8. The number of carbonyl (C=O) groups excluding carboxylic acids is 2. The zero-order valence-electron chi connectivity index (χ0n) is 19.2. The molecular formula is C23H37F3N2O3. The number of carbonyl (C=O) groups is 2. The van der Waals surface area contributed by atoms with Crippen LogP contribution in [0, 0.1) is 23.2 Å². The molecule has 1 saturated heterocycles. The lowest BCUT2D eigenvalue weighted by Gasteiger charge is -2.45. The van der Waals surface area contributed by atoms with Crippen molar-refractivity contribution in [2.45, 2.75) is 96.9 Å². The maximum Gasteiger partial charge on any atom is 0.407 e. The van der Waals surface area contributed by atoms with Gasteiger partial charge in [0.1, 0.15) is 12.0 Å². The summed E-state index contributed by atoms with van der Waals surface area (Å²) in [5.74, 6) is -0.149. The predicted octanol–water partition coefficient (Wildman–Crippen LogP) is 5.29. The Morgan fingerprint density at radius 3 is 2.39 bits per heavy atom. The Kier molecular flexibility index (Phi) is 6.87. The molecule has 1 aliphatic heterocycles. The zero-order chi connectivity index (χ0) is 23.0. The summed E-state index contributed by atoms with van der Waals surface area (Å²) in [7, 11) is 0. The second-order valence-electron chi connectivity index (χ2n) is 10.8. The summed E-state index contributed by atoms with van der Waals surface area (Å²) in [6.45, 7) is 8.40. The van der Waals surface area contributed by atoms with E-state index in [4.69, 9.17) is 4.74 Å². The summed E-state index contributed by atoms with van der Waals surface area (Å²) >= 11 is 0. The molecule has 3 aliphatic rings. The van der Waals surface area contributed by atoms with Gasteiger partial charge in [-0.1, -0.05) is 19.8 Å². The third kappa shape index (κ3) is 5.86. The number of fused-ring (bicyclic) bond motifs is 2. The van der Waals surface area contributed by atoms with Crippen LogP contribution in [0.3, 0.4) is 0 Å². The summed E-state index contributed by atoms with van der Waals surface area (Å²) in [6, 6.07) is -0.134. The number of nitrogens with one attached hydrogen (secondary N) is 1. The number of hydrogen-bond donors (Lipinski definition) is 1. The van der Waals surface area contributed by atoms with Crippen LogP contribution in [0.25, 0.3) is 0 Å². The van der Waals surface area contributed by atoms with E-state index in [1.807, 2.05) is 0 Å². The summed E-state index contributed by atoms with van der Waals surface area (Å²) < 4.78 is 44.4. The molecule has 8 heteroatoms. The first-order chi connectivity index (χ1) is 14.3. The van der Waals surface area contributed by atoms with Gasteiger partial charge in [-0.2, -0.15) is 13.2 Å². The summed E-state index contributed by atoms with van der Waals surface area (Å²) in [5.41, 5.74) is -0.741. The Bertz CT molecular complexity index is 670. The normalized spacial score (nSPS) is 29.6. The molecule has 2 aliphatic carbocycles. The van der Waals surface area contributed by atoms with Crippen LogP contribution in [0.2, 0.25) is 0 Å². The summed E-state index contributed by atoms with van der Waals surface area (Å²) in [4.78, 5) is 26.5. The topological polar surface area (TPSA) is 58.6 Å². The van der Waals surface area contributed by atoms with Crippen LogP contribution < -0.4 is 5.32 Å². The maximum atomic E-state index is 13.0. The van der Waals surface area contributed by atoms with Gasteiger partial charge in [0.05, 0.1) is 0 Å². The van der Waals surface area contributed by atoms with Crippen molar-refractivity contribution in [2.24, 2.45) is 23.2 Å². The molecule has 1 heterocycles. The molecule has 3 fully saturated rings. The van der Waals surface area contributed by atoms with Gasteiger partial charge in [-0.05, 0) is 76.0 Å². The first-order valence-corrected chi connectivity index (χ1v) is 11.7. The number of piperidine rings is 1. The van der Waals surface area contributed by atoms with E-state index in [0.717, 1.165) is 44.9 Å². The highest BCUT2D eigenvalue weighted by molar-refractivity contribution is 5.77. The van der Waals surface area contributed by atoms with E-state index >= 15 is 0 Å². The van der Waals surface area contributed by atoms with Gasteiger partial charge in [0.2, 0.25) is 5.91 Å². The average molecular weight is 447 g/mol. The van der Waals surface area contributed by atoms with Crippen molar-refractivity contribution in [1.29, 1.82) is 0 Å². The lowest BCUT2D eigenvalue weighted by Crippen LogP contribution is -2.54. The molecular weight excluding hydrogens is 409 g/mol. The highest BCUT2D eigenvalue weighted by Crippen LogP contribution is 2.66. The zero-order valence-corrected chi connectivity index (χ0v) is 19.2. The van der Waals surface area contributed by atoms with Gasteiger partial charge in [0, 0.05) is 19.1 Å². The molecule has 2 amide bonds. The molecule has 0 aromatic carbocycles. The summed E-state index contributed by atoms with van der Waals surface area (Å²) in [5, 5.41) is 2.87. The second kappa shape index (κ2) is 8.81. The van der Waals surface area contributed by atoms with Crippen molar-refractivity contribution < 1.29 is 27.5 Å². The standard InChI is InChI=1S/C23H37F3N2O3/c1-5-6-7-15-10-16-11-17(13-27-20(30)31-21(2,3)4)22(8-9-22)19(16)28(14-15)18(29)12-23(24,25)26/h15-17,19H,5-14H2,1-4H3,(H,27,30)/t15?,16-,17?,19?/m0/s1. The maximum absolute atomic E-state index is 13.0. The molecule has 3 unspecified atom stereocenters. The van der Waals surface area contributed by atoms with Gasteiger partial charge in [0.25, 0.3) is 0 Å². The highest BCUT2D eigenvalue weighted by Gasteiger charge is 2.65. The fraction of sp³-hybridized carbons (Fsp3) is 0.913. The van der Waals surface area contributed by atoms with E-state index in [2.05, 4.69) is 12.2 Å². The first-order valence-electron chi connectivity index (χ1n) is 11.7. The number of rotatable bonds is 6. The number of hydrogen-bond acceptors (Lipinski definition) is 3. The molecule has 0 radical (unpaired) electrons. The quantitative estimate of drug-likeness (QED) is 0.603. The molecule has 1 spiro atoms. The Labute approximate surface area is 183 Å². The van der Waals surface area contributed by atoms with Crippen LogP contribution in [0.15, 0.2) is 0 Å². The molecule has 4 atom stereocenters. The molecule has 1 N–H and O–H groups in total. The van der Waals surface area contributed by atoms with E-state index < -0.39 is 30.2 Å². The summed E-state index contributed by atoms with van der Waals surface area (Å²) in [6.07, 6.45) is 0.292. The van der Waals surface area contributed by atoms with Crippen LogP contribution in [0.5, 0.6) is 0 Å².